The van der Waals surface area contributed by atoms with E-state index in [0.717, 1.165) is 28.1 Å². The number of nitrogens with zero attached hydrogens (tertiary/aromatic N) is 1. The quantitative estimate of drug-likeness (QED) is 0.730. The minimum absolute atomic E-state index is 0.0569. The summed E-state index contributed by atoms with van der Waals surface area (Å²) in [5, 5.41) is 18.5. The molecule has 0 spiro atoms. The summed E-state index contributed by atoms with van der Waals surface area (Å²) in [6.45, 7) is 1.81. The molecule has 0 bridgehead atoms. The Bertz CT molecular complexity index is 774. The Kier molecular flexibility index (Phi) is 5.08. The summed E-state index contributed by atoms with van der Waals surface area (Å²) in [4.78, 5) is 4.62. The Morgan fingerprint density at radius 1 is 0.958 bits per heavy atom. The van der Waals surface area contributed by atoms with Crippen molar-refractivity contribution in [1.29, 1.82) is 0 Å². The Morgan fingerprint density at radius 3 is 2.25 bits per heavy atom. The van der Waals surface area contributed by atoms with Crippen LogP contribution in [0.4, 0.5) is 0 Å². The summed E-state index contributed by atoms with van der Waals surface area (Å²) in [6, 6.07) is 17.8. The molecule has 0 radical (unpaired) electrons. The van der Waals surface area contributed by atoms with E-state index in [9.17, 15) is 10.2 Å². The van der Waals surface area contributed by atoms with Crippen LogP contribution in [0.15, 0.2) is 59.0 Å². The van der Waals surface area contributed by atoms with Gasteiger partial charge in [0.05, 0.1) is 18.9 Å². The molecule has 24 heavy (non-hydrogen) atoms. The van der Waals surface area contributed by atoms with Gasteiger partial charge in [-0.25, -0.2) is 4.98 Å². The summed E-state index contributed by atoms with van der Waals surface area (Å²) in [7, 11) is 0. The highest BCUT2D eigenvalue weighted by Gasteiger charge is 2.13. The van der Waals surface area contributed by atoms with Gasteiger partial charge in [0.1, 0.15) is 5.76 Å². The van der Waals surface area contributed by atoms with Gasteiger partial charge in [-0.15, -0.1) is 0 Å². The highest BCUT2D eigenvalue weighted by Crippen LogP contribution is 2.23. The fourth-order valence-corrected chi connectivity index (χ4v) is 2.67. The van der Waals surface area contributed by atoms with Gasteiger partial charge in [-0.2, -0.15) is 0 Å². The van der Waals surface area contributed by atoms with E-state index in [4.69, 9.17) is 4.42 Å². The molecule has 0 saturated heterocycles. The maximum Gasteiger partial charge on any atom is 0.226 e. The molecule has 0 unspecified atom stereocenters. The van der Waals surface area contributed by atoms with Gasteiger partial charge in [-0.1, -0.05) is 42.5 Å². The van der Waals surface area contributed by atoms with Gasteiger partial charge in [-0.3, -0.25) is 0 Å². The first kappa shape index (κ1) is 16.4. The molecule has 0 aliphatic rings. The predicted octanol–water partition coefficient (Wildman–Crippen LogP) is 3.31. The van der Waals surface area contributed by atoms with E-state index in [1.807, 2.05) is 61.5 Å². The van der Waals surface area contributed by atoms with Crippen molar-refractivity contribution in [3.63, 3.8) is 0 Å². The van der Waals surface area contributed by atoms with Crippen LogP contribution in [0.5, 0.6) is 0 Å². The van der Waals surface area contributed by atoms with Crippen LogP contribution in [0.25, 0.3) is 11.5 Å². The van der Waals surface area contributed by atoms with E-state index in [1.165, 1.54) is 0 Å². The molecule has 2 N–H and O–H groups in total. The normalized spacial score (nSPS) is 11.2. The SMILES string of the molecule is Cc1oc(-c2ccccc2)nc1Cc1ccc(C(CO)CO)cc1. The number of aliphatic hydroxyl groups is 2. The Labute approximate surface area is 141 Å². The summed E-state index contributed by atoms with van der Waals surface area (Å²) in [5.41, 5.74) is 3.94. The first-order valence-corrected chi connectivity index (χ1v) is 8.03. The number of aryl methyl sites for hydroxylation is 1. The lowest BCUT2D eigenvalue weighted by molar-refractivity contribution is 0.192. The molecule has 3 aromatic rings. The highest BCUT2D eigenvalue weighted by molar-refractivity contribution is 5.53. The van der Waals surface area contributed by atoms with Gasteiger partial charge in [0.25, 0.3) is 0 Å². The summed E-state index contributed by atoms with van der Waals surface area (Å²) < 4.78 is 5.79. The van der Waals surface area contributed by atoms with E-state index < -0.39 is 0 Å². The number of benzene rings is 2. The molecule has 0 atom stereocenters. The van der Waals surface area contributed by atoms with Crippen molar-refractivity contribution in [2.24, 2.45) is 0 Å². The molecule has 2 aromatic carbocycles. The largest absolute Gasteiger partial charge is 0.441 e. The lowest BCUT2D eigenvalue weighted by atomic mass is 9.98. The second-order valence-corrected chi connectivity index (χ2v) is 5.87. The Morgan fingerprint density at radius 2 is 1.62 bits per heavy atom. The molecule has 0 saturated carbocycles. The van der Waals surface area contributed by atoms with Crippen molar-refractivity contribution in [1.82, 2.24) is 4.98 Å². The predicted molar refractivity (Wildman–Crippen MR) is 92.8 cm³/mol. The van der Waals surface area contributed by atoms with E-state index in [2.05, 4.69) is 4.98 Å². The van der Waals surface area contributed by atoms with E-state index >= 15 is 0 Å². The van der Waals surface area contributed by atoms with Gasteiger partial charge in [0.15, 0.2) is 0 Å². The first-order chi connectivity index (χ1) is 11.7. The average molecular weight is 323 g/mol. The molecule has 1 heterocycles. The van der Waals surface area contributed by atoms with Crippen LogP contribution in [-0.4, -0.2) is 28.4 Å². The third-order valence-electron chi connectivity index (χ3n) is 4.18. The molecule has 4 heteroatoms. The molecule has 0 amide bonds. The fourth-order valence-electron chi connectivity index (χ4n) is 2.67. The average Bonchev–Trinajstić information content (AvgIpc) is 2.99. The minimum atomic E-state index is -0.225. The third kappa shape index (κ3) is 3.55. The van der Waals surface area contributed by atoms with Crippen molar-refractivity contribution in [3.8, 4) is 11.5 Å². The molecular weight excluding hydrogens is 302 g/mol. The zero-order valence-corrected chi connectivity index (χ0v) is 13.6. The van der Waals surface area contributed by atoms with E-state index in [1.54, 1.807) is 0 Å². The monoisotopic (exact) mass is 323 g/mol. The zero-order chi connectivity index (χ0) is 16.9. The summed E-state index contributed by atoms with van der Waals surface area (Å²) in [6.07, 6.45) is 0.686. The number of aliphatic hydroxyl groups excluding tert-OH is 2. The Balaban J connectivity index is 1.78. The lowest BCUT2D eigenvalue weighted by Gasteiger charge is -2.11. The standard InChI is InChI=1S/C20H21NO3/c1-14-19(21-20(24-14)17-5-3-2-4-6-17)11-15-7-9-16(10-8-15)18(12-22)13-23/h2-10,18,22-23H,11-13H2,1H3. The van der Waals surface area contributed by atoms with Gasteiger partial charge in [0.2, 0.25) is 5.89 Å². The first-order valence-electron chi connectivity index (χ1n) is 8.03. The van der Waals surface area contributed by atoms with Crippen LogP contribution in [0.2, 0.25) is 0 Å². The summed E-state index contributed by atoms with van der Waals surface area (Å²) >= 11 is 0. The number of hydrogen-bond acceptors (Lipinski definition) is 4. The van der Waals surface area contributed by atoms with Crippen molar-refractivity contribution in [3.05, 3.63) is 77.2 Å². The number of oxazole rings is 1. The van der Waals surface area contributed by atoms with Gasteiger partial charge < -0.3 is 14.6 Å². The van der Waals surface area contributed by atoms with Gasteiger partial charge in [-0.05, 0) is 30.2 Å². The smallest absolute Gasteiger partial charge is 0.226 e. The van der Waals surface area contributed by atoms with Crippen LogP contribution in [0.3, 0.4) is 0 Å². The molecule has 124 valence electrons. The maximum atomic E-state index is 9.25. The number of aromatic nitrogens is 1. The van der Waals surface area contributed by atoms with Crippen molar-refractivity contribution >= 4 is 0 Å². The maximum absolute atomic E-state index is 9.25. The minimum Gasteiger partial charge on any atom is -0.441 e. The number of rotatable bonds is 6. The van der Waals surface area contributed by atoms with Crippen molar-refractivity contribution in [2.75, 3.05) is 13.2 Å². The van der Waals surface area contributed by atoms with Crippen LogP contribution in [0.1, 0.15) is 28.5 Å². The zero-order valence-electron chi connectivity index (χ0n) is 13.6. The van der Waals surface area contributed by atoms with Crippen LogP contribution in [0, 0.1) is 6.92 Å². The van der Waals surface area contributed by atoms with Crippen molar-refractivity contribution in [2.45, 2.75) is 19.3 Å². The molecule has 3 rings (SSSR count). The molecule has 4 nitrogen and oxygen atoms in total. The molecule has 0 fully saturated rings. The van der Waals surface area contributed by atoms with Gasteiger partial charge >= 0.3 is 0 Å². The van der Waals surface area contributed by atoms with Crippen molar-refractivity contribution < 1.29 is 14.6 Å². The van der Waals surface area contributed by atoms with Gasteiger partial charge in [0, 0.05) is 17.9 Å². The lowest BCUT2D eigenvalue weighted by Crippen LogP contribution is -2.08. The van der Waals surface area contributed by atoms with Crippen LogP contribution < -0.4 is 0 Å². The van der Waals surface area contributed by atoms with Crippen LogP contribution >= 0.6 is 0 Å². The van der Waals surface area contributed by atoms with E-state index in [0.29, 0.717) is 12.3 Å². The second kappa shape index (κ2) is 7.43. The molecule has 1 aromatic heterocycles. The second-order valence-electron chi connectivity index (χ2n) is 5.87. The topological polar surface area (TPSA) is 66.5 Å². The molecular formula is C20H21NO3. The Hall–Kier alpha value is -2.43. The summed E-state index contributed by atoms with van der Waals surface area (Å²) in [5.74, 6) is 1.24. The third-order valence-corrected chi connectivity index (χ3v) is 4.18. The molecule has 0 aliphatic heterocycles. The molecule has 0 aliphatic carbocycles. The van der Waals surface area contributed by atoms with Crippen LogP contribution in [-0.2, 0) is 6.42 Å². The highest BCUT2D eigenvalue weighted by atomic mass is 16.4. The van der Waals surface area contributed by atoms with E-state index in [-0.39, 0.29) is 19.1 Å². The fraction of sp³-hybridized carbons (Fsp3) is 0.250. The number of hydrogen-bond donors (Lipinski definition) is 2.